The van der Waals surface area contributed by atoms with Crippen molar-refractivity contribution < 1.29 is 4.79 Å². The molecule has 3 aromatic rings. The van der Waals surface area contributed by atoms with Crippen molar-refractivity contribution in [3.63, 3.8) is 0 Å². The molecule has 0 saturated carbocycles. The van der Waals surface area contributed by atoms with Gasteiger partial charge < -0.3 is 0 Å². The Bertz CT molecular complexity index is 936. The summed E-state index contributed by atoms with van der Waals surface area (Å²) >= 11 is 7.68. The van der Waals surface area contributed by atoms with Gasteiger partial charge in [-0.15, -0.1) is 11.3 Å². The van der Waals surface area contributed by atoms with Gasteiger partial charge in [0.1, 0.15) is 4.88 Å². The van der Waals surface area contributed by atoms with Crippen molar-refractivity contribution in [2.45, 2.75) is 20.8 Å². The van der Waals surface area contributed by atoms with Crippen molar-refractivity contribution in [3.8, 4) is 0 Å². The number of aryl methyl sites for hydroxylation is 3. The van der Waals surface area contributed by atoms with Crippen molar-refractivity contribution in [1.82, 2.24) is 5.43 Å². The van der Waals surface area contributed by atoms with E-state index in [9.17, 15) is 4.79 Å². The molecular weight excluding hydrogens is 340 g/mol. The lowest BCUT2D eigenvalue weighted by Crippen LogP contribution is -2.16. The topological polar surface area (TPSA) is 41.5 Å². The summed E-state index contributed by atoms with van der Waals surface area (Å²) in [4.78, 5) is 12.8. The number of carbonyl (C=O) groups is 1. The van der Waals surface area contributed by atoms with E-state index in [-0.39, 0.29) is 5.91 Å². The number of hydrazone groups is 1. The Morgan fingerprint density at radius 3 is 2.50 bits per heavy atom. The Morgan fingerprint density at radius 2 is 1.83 bits per heavy atom. The zero-order valence-electron chi connectivity index (χ0n) is 13.7. The number of nitrogens with zero attached hydrogens (tertiary/aromatic N) is 1. The minimum absolute atomic E-state index is 0.292. The molecule has 0 spiro atoms. The fraction of sp³-hybridized carbons (Fsp3) is 0.158. The Labute approximate surface area is 150 Å². The molecule has 1 amide bonds. The van der Waals surface area contributed by atoms with Gasteiger partial charge in [0, 0.05) is 15.6 Å². The number of hydrogen-bond donors (Lipinski definition) is 1. The lowest BCUT2D eigenvalue weighted by atomic mass is 10.0. The molecule has 0 radical (unpaired) electrons. The zero-order chi connectivity index (χ0) is 17.3. The minimum Gasteiger partial charge on any atom is -0.266 e. The summed E-state index contributed by atoms with van der Waals surface area (Å²) in [6.07, 6.45) is 1.68. The molecule has 2 aromatic carbocycles. The number of rotatable bonds is 3. The van der Waals surface area contributed by atoms with Gasteiger partial charge in [-0.25, -0.2) is 5.43 Å². The summed E-state index contributed by atoms with van der Waals surface area (Å²) in [5.41, 5.74) is 7.06. The van der Waals surface area contributed by atoms with Crippen molar-refractivity contribution in [1.29, 1.82) is 0 Å². The number of halogens is 1. The molecule has 0 bridgehead atoms. The fourth-order valence-electron chi connectivity index (χ4n) is 2.76. The average molecular weight is 357 g/mol. The normalized spacial score (nSPS) is 11.3. The van der Waals surface area contributed by atoms with Crippen LogP contribution in [-0.2, 0) is 0 Å². The molecule has 1 aromatic heterocycles. The van der Waals surface area contributed by atoms with E-state index < -0.39 is 0 Å². The molecule has 0 unspecified atom stereocenters. The highest BCUT2D eigenvalue weighted by molar-refractivity contribution is 7.21. The Balaban J connectivity index is 1.81. The van der Waals surface area contributed by atoms with Gasteiger partial charge in [-0.1, -0.05) is 47.5 Å². The van der Waals surface area contributed by atoms with Crippen LogP contribution >= 0.6 is 22.9 Å². The van der Waals surface area contributed by atoms with Crippen LogP contribution in [0.3, 0.4) is 0 Å². The molecule has 5 heteroatoms. The first-order valence-corrected chi connectivity index (χ1v) is 8.75. The summed E-state index contributed by atoms with van der Waals surface area (Å²) in [5, 5.41) is 5.47. The molecule has 0 saturated heterocycles. The Morgan fingerprint density at radius 1 is 1.17 bits per heavy atom. The number of fused-ring (bicyclic) bond motifs is 1. The van der Waals surface area contributed by atoms with Crippen molar-refractivity contribution in [2.24, 2.45) is 5.10 Å². The third-order valence-corrected chi connectivity index (χ3v) is 5.51. The summed E-state index contributed by atoms with van der Waals surface area (Å²) in [6.45, 7) is 6.13. The highest BCUT2D eigenvalue weighted by atomic mass is 35.5. The quantitative estimate of drug-likeness (QED) is 0.505. The number of thiophene rings is 1. The van der Waals surface area contributed by atoms with Gasteiger partial charge in [0.05, 0.1) is 11.2 Å². The van der Waals surface area contributed by atoms with Crippen LogP contribution in [0.25, 0.3) is 10.1 Å². The van der Waals surface area contributed by atoms with Gasteiger partial charge in [0.2, 0.25) is 0 Å². The SMILES string of the molecule is Cc1cc(C)c(/C=N\NC(=O)c2sc3ccccc3c2Cl)c(C)c1. The van der Waals surface area contributed by atoms with E-state index in [0.29, 0.717) is 9.90 Å². The van der Waals surface area contributed by atoms with Crippen LogP contribution in [0.2, 0.25) is 5.02 Å². The van der Waals surface area contributed by atoms with Crippen LogP contribution in [0.4, 0.5) is 0 Å². The van der Waals surface area contributed by atoms with E-state index in [1.54, 1.807) is 6.21 Å². The largest absolute Gasteiger partial charge is 0.283 e. The Kier molecular flexibility index (Phi) is 4.69. The van der Waals surface area contributed by atoms with Crippen molar-refractivity contribution >= 4 is 45.1 Å². The van der Waals surface area contributed by atoms with E-state index >= 15 is 0 Å². The number of nitrogens with one attached hydrogen (secondary N) is 1. The highest BCUT2D eigenvalue weighted by Gasteiger charge is 2.16. The maximum Gasteiger partial charge on any atom is 0.283 e. The molecular formula is C19H17ClN2OS. The zero-order valence-corrected chi connectivity index (χ0v) is 15.3. The number of hydrogen-bond acceptors (Lipinski definition) is 3. The highest BCUT2D eigenvalue weighted by Crippen LogP contribution is 2.34. The predicted octanol–water partition coefficient (Wildman–Crippen LogP) is 5.24. The second-order valence-electron chi connectivity index (χ2n) is 5.75. The van der Waals surface area contributed by atoms with Gasteiger partial charge in [-0.3, -0.25) is 4.79 Å². The average Bonchev–Trinajstić information content (AvgIpc) is 2.87. The molecule has 0 aliphatic rings. The predicted molar refractivity (Wildman–Crippen MR) is 103 cm³/mol. The second kappa shape index (κ2) is 6.75. The van der Waals surface area contributed by atoms with Crippen LogP contribution in [0.1, 0.15) is 31.9 Å². The van der Waals surface area contributed by atoms with E-state index in [2.05, 4.69) is 29.6 Å². The summed E-state index contributed by atoms with van der Waals surface area (Å²) in [7, 11) is 0. The van der Waals surface area contributed by atoms with Crippen LogP contribution in [0, 0.1) is 20.8 Å². The van der Waals surface area contributed by atoms with E-state index in [1.165, 1.54) is 16.9 Å². The standard InChI is InChI=1S/C19H17ClN2OS/c1-11-8-12(2)15(13(3)9-11)10-21-22-19(23)18-17(20)14-6-4-5-7-16(14)24-18/h4-10H,1-3H3,(H,22,23)/b21-10-. The maximum absolute atomic E-state index is 12.4. The van der Waals surface area contributed by atoms with Gasteiger partial charge in [-0.05, 0) is 38.0 Å². The van der Waals surface area contributed by atoms with Crippen LogP contribution in [0.5, 0.6) is 0 Å². The van der Waals surface area contributed by atoms with Crippen LogP contribution in [-0.4, -0.2) is 12.1 Å². The molecule has 0 fully saturated rings. The lowest BCUT2D eigenvalue weighted by molar-refractivity contribution is 0.0959. The first-order valence-electron chi connectivity index (χ1n) is 7.55. The van der Waals surface area contributed by atoms with Gasteiger partial charge in [0.25, 0.3) is 5.91 Å². The first kappa shape index (κ1) is 16.7. The molecule has 1 N–H and O–H groups in total. The molecule has 122 valence electrons. The Hall–Kier alpha value is -2.17. The molecule has 0 aliphatic carbocycles. The number of carbonyl (C=O) groups excluding carboxylic acids is 1. The maximum atomic E-state index is 12.4. The smallest absolute Gasteiger partial charge is 0.266 e. The number of benzene rings is 2. The van der Waals surface area contributed by atoms with Crippen molar-refractivity contribution in [2.75, 3.05) is 0 Å². The monoisotopic (exact) mass is 356 g/mol. The summed E-state index contributed by atoms with van der Waals surface area (Å²) in [6, 6.07) is 11.9. The summed E-state index contributed by atoms with van der Waals surface area (Å²) < 4.78 is 0.988. The van der Waals surface area contributed by atoms with E-state index in [1.807, 2.05) is 38.1 Å². The summed E-state index contributed by atoms with van der Waals surface area (Å²) in [5.74, 6) is -0.292. The number of amides is 1. The first-order chi connectivity index (χ1) is 11.5. The molecule has 3 nitrogen and oxygen atoms in total. The van der Waals surface area contributed by atoms with Crippen molar-refractivity contribution in [3.05, 3.63) is 68.6 Å². The van der Waals surface area contributed by atoms with Crippen LogP contribution in [0.15, 0.2) is 41.5 Å². The molecule has 24 heavy (non-hydrogen) atoms. The van der Waals surface area contributed by atoms with E-state index in [4.69, 9.17) is 11.6 Å². The third kappa shape index (κ3) is 3.21. The minimum atomic E-state index is -0.292. The van der Waals surface area contributed by atoms with Gasteiger partial charge in [-0.2, -0.15) is 5.10 Å². The second-order valence-corrected chi connectivity index (χ2v) is 7.18. The third-order valence-electron chi connectivity index (χ3n) is 3.84. The molecule has 1 heterocycles. The lowest BCUT2D eigenvalue weighted by Gasteiger charge is -2.06. The molecule has 3 rings (SSSR count). The molecule has 0 aliphatic heterocycles. The fourth-order valence-corrected chi connectivity index (χ4v) is 4.17. The van der Waals surface area contributed by atoms with Gasteiger partial charge in [0.15, 0.2) is 0 Å². The van der Waals surface area contributed by atoms with E-state index in [0.717, 1.165) is 26.8 Å². The van der Waals surface area contributed by atoms with Crippen LogP contribution < -0.4 is 5.43 Å². The van der Waals surface area contributed by atoms with Gasteiger partial charge >= 0.3 is 0 Å². The molecule has 0 atom stereocenters.